The molecule has 1 unspecified atom stereocenters. The van der Waals surface area contributed by atoms with Crippen molar-refractivity contribution in [3.05, 3.63) is 48.6 Å². The first kappa shape index (κ1) is 53.0. The number of likely N-dealkylation sites (N-methyl/N-ethyl adjacent to an activating group) is 1. The maximum absolute atomic E-state index is 12.7. The molecule has 1 N–H and O–H groups in total. The summed E-state index contributed by atoms with van der Waals surface area (Å²) in [6.07, 6.45) is 43.0. The Morgan fingerprint density at radius 2 is 1.00 bits per heavy atom. The van der Waals surface area contributed by atoms with Gasteiger partial charge in [0.1, 0.15) is 19.8 Å². The minimum Gasteiger partial charge on any atom is -0.462 e. The van der Waals surface area contributed by atoms with Gasteiger partial charge in [0, 0.05) is 12.8 Å². The Labute approximate surface area is 337 Å². The van der Waals surface area contributed by atoms with Gasteiger partial charge in [-0.05, 0) is 51.4 Å². The fourth-order valence-electron chi connectivity index (χ4n) is 5.65. The normalized spacial score (nSPS) is 14.1. The van der Waals surface area contributed by atoms with Gasteiger partial charge in [0.15, 0.2) is 6.10 Å². The van der Waals surface area contributed by atoms with E-state index in [1.165, 1.54) is 96.3 Å². The average Bonchev–Trinajstić information content (AvgIpc) is 3.13. The van der Waals surface area contributed by atoms with Crippen LogP contribution in [0.1, 0.15) is 174 Å². The number of nitrogens with zero attached hydrogens (tertiary/aromatic N) is 1. The van der Waals surface area contributed by atoms with Gasteiger partial charge in [-0.25, -0.2) is 4.57 Å². The van der Waals surface area contributed by atoms with Crippen LogP contribution in [0.25, 0.3) is 0 Å². The highest BCUT2D eigenvalue weighted by atomic mass is 31.2. The Morgan fingerprint density at radius 1 is 0.564 bits per heavy atom. The van der Waals surface area contributed by atoms with E-state index in [0.717, 1.165) is 38.5 Å². The van der Waals surface area contributed by atoms with E-state index in [2.05, 4.69) is 62.5 Å². The summed E-state index contributed by atoms with van der Waals surface area (Å²) in [6, 6.07) is 0. The van der Waals surface area contributed by atoms with Crippen molar-refractivity contribution in [1.29, 1.82) is 0 Å². The Kier molecular flexibility index (Phi) is 36.2. The number of hydrogen-bond donors (Lipinski definition) is 1. The zero-order valence-electron chi connectivity index (χ0n) is 35.9. The van der Waals surface area contributed by atoms with Gasteiger partial charge < -0.3 is 18.9 Å². The summed E-state index contributed by atoms with van der Waals surface area (Å²) in [5, 5.41) is 0. The van der Waals surface area contributed by atoms with Crippen LogP contribution in [0.4, 0.5) is 0 Å². The van der Waals surface area contributed by atoms with E-state index in [9.17, 15) is 19.0 Å². The number of ether oxygens (including phenoxy) is 2. The van der Waals surface area contributed by atoms with Crippen molar-refractivity contribution >= 4 is 19.8 Å². The molecule has 0 aromatic rings. The highest BCUT2D eigenvalue weighted by Gasteiger charge is 2.27. The molecule has 0 saturated heterocycles. The molecular formula is C45H83NO8P+. The summed E-state index contributed by atoms with van der Waals surface area (Å²) < 4.78 is 34.2. The minimum absolute atomic E-state index is 0.0231. The number of carbonyl (C=O) groups is 2. The predicted octanol–water partition coefficient (Wildman–Crippen LogP) is 12.3. The molecule has 0 aliphatic carbocycles. The number of unbranched alkanes of at least 4 members (excludes halogenated alkanes) is 17. The highest BCUT2D eigenvalue weighted by Crippen LogP contribution is 2.43. The fourth-order valence-corrected chi connectivity index (χ4v) is 6.39. The first-order valence-corrected chi connectivity index (χ1v) is 23.4. The number of rotatable bonds is 39. The number of hydrogen-bond acceptors (Lipinski definition) is 7. The standard InChI is InChI=1S/C45H82NO8P/c1-6-8-10-12-14-16-18-20-22-23-24-26-27-29-31-33-35-37-44(47)51-41-43(42-53-55(49,50)52-40-39-46(3,4)5)54-45(48)38-36-34-32-30-28-25-21-19-17-15-13-11-9-7-2/h14,16,20,22,24,26,29,31,43H,6-13,15,17-19,21,23,25,27-28,30,32-42H2,1-5H3/p+1/b16-14+,22-20+,26-24+,31-29+/t43-/m1/s1. The summed E-state index contributed by atoms with van der Waals surface area (Å²) in [7, 11) is 1.45. The molecule has 55 heavy (non-hydrogen) atoms. The summed E-state index contributed by atoms with van der Waals surface area (Å²) in [4.78, 5) is 35.3. The van der Waals surface area contributed by atoms with Crippen molar-refractivity contribution in [2.45, 2.75) is 180 Å². The first-order chi connectivity index (χ1) is 26.5. The van der Waals surface area contributed by atoms with E-state index in [1.807, 2.05) is 21.1 Å². The molecule has 0 amide bonds. The van der Waals surface area contributed by atoms with E-state index in [0.29, 0.717) is 23.9 Å². The lowest BCUT2D eigenvalue weighted by atomic mass is 10.0. The zero-order valence-corrected chi connectivity index (χ0v) is 36.8. The van der Waals surface area contributed by atoms with Crippen molar-refractivity contribution in [1.82, 2.24) is 0 Å². The third-order valence-corrected chi connectivity index (χ3v) is 10.1. The van der Waals surface area contributed by atoms with Crippen molar-refractivity contribution in [3.63, 3.8) is 0 Å². The molecule has 9 nitrogen and oxygen atoms in total. The molecule has 0 bridgehead atoms. The van der Waals surface area contributed by atoms with Crippen LogP contribution >= 0.6 is 7.82 Å². The third-order valence-electron chi connectivity index (χ3n) is 9.11. The molecule has 2 atom stereocenters. The molecule has 0 aromatic carbocycles. The molecule has 0 aromatic heterocycles. The molecule has 320 valence electrons. The van der Waals surface area contributed by atoms with Crippen LogP contribution in [0, 0.1) is 0 Å². The Hall–Kier alpha value is -2.03. The van der Waals surface area contributed by atoms with Crippen LogP contribution in [-0.4, -0.2) is 74.9 Å². The van der Waals surface area contributed by atoms with Crippen LogP contribution < -0.4 is 0 Å². The fraction of sp³-hybridized carbons (Fsp3) is 0.778. The second kappa shape index (κ2) is 37.5. The topological polar surface area (TPSA) is 108 Å². The average molecular weight is 797 g/mol. The maximum Gasteiger partial charge on any atom is 0.472 e. The molecule has 0 heterocycles. The van der Waals surface area contributed by atoms with Crippen LogP contribution in [0.5, 0.6) is 0 Å². The highest BCUT2D eigenvalue weighted by molar-refractivity contribution is 7.47. The zero-order chi connectivity index (χ0) is 40.7. The molecule has 0 aliphatic heterocycles. The minimum atomic E-state index is -4.38. The van der Waals surface area contributed by atoms with E-state index in [-0.39, 0.29) is 26.1 Å². The number of phosphoric ester groups is 1. The molecular weight excluding hydrogens is 713 g/mol. The number of allylic oxidation sites excluding steroid dienone is 8. The SMILES string of the molecule is CCCCC/C=C/C/C=C/C/C=C/C/C=C/CCCC(=O)OC[C@H](COP(=O)(O)OCC[N+](C)(C)C)OC(=O)CCCCCCCCCCCCCCCC. The Morgan fingerprint density at radius 3 is 1.51 bits per heavy atom. The number of carbonyl (C=O) groups excluding carboxylic acids is 2. The lowest BCUT2D eigenvalue weighted by Gasteiger charge is -2.24. The smallest absolute Gasteiger partial charge is 0.462 e. The van der Waals surface area contributed by atoms with Crippen molar-refractivity contribution < 1.29 is 42.1 Å². The first-order valence-electron chi connectivity index (χ1n) is 21.9. The maximum atomic E-state index is 12.7. The van der Waals surface area contributed by atoms with Crippen molar-refractivity contribution in [3.8, 4) is 0 Å². The van der Waals surface area contributed by atoms with Crippen LogP contribution in [0.2, 0.25) is 0 Å². The van der Waals surface area contributed by atoms with Gasteiger partial charge >= 0.3 is 19.8 Å². The number of phosphoric acid groups is 1. The van der Waals surface area contributed by atoms with Crippen LogP contribution in [0.3, 0.4) is 0 Å². The number of esters is 2. The van der Waals surface area contributed by atoms with Gasteiger partial charge in [-0.3, -0.25) is 18.6 Å². The lowest BCUT2D eigenvalue weighted by molar-refractivity contribution is -0.870. The van der Waals surface area contributed by atoms with Crippen molar-refractivity contribution in [2.24, 2.45) is 0 Å². The van der Waals surface area contributed by atoms with Gasteiger partial charge in [-0.1, -0.05) is 159 Å². The summed E-state index contributed by atoms with van der Waals surface area (Å²) >= 11 is 0. The Balaban J connectivity index is 4.46. The molecule has 0 fully saturated rings. The molecule has 10 heteroatoms. The van der Waals surface area contributed by atoms with Gasteiger partial charge in [-0.2, -0.15) is 0 Å². The summed E-state index contributed by atoms with van der Waals surface area (Å²) in [5.74, 6) is -0.863. The van der Waals surface area contributed by atoms with E-state index < -0.39 is 32.5 Å². The second-order valence-corrected chi connectivity index (χ2v) is 17.2. The molecule has 0 spiro atoms. The van der Waals surface area contributed by atoms with Gasteiger partial charge in [-0.15, -0.1) is 0 Å². The monoisotopic (exact) mass is 797 g/mol. The predicted molar refractivity (Wildman–Crippen MR) is 229 cm³/mol. The summed E-state index contributed by atoms with van der Waals surface area (Å²) in [6.45, 7) is 4.33. The van der Waals surface area contributed by atoms with Crippen LogP contribution in [0.15, 0.2) is 48.6 Å². The quantitative estimate of drug-likeness (QED) is 0.0215. The second-order valence-electron chi connectivity index (χ2n) is 15.7. The largest absolute Gasteiger partial charge is 0.472 e. The van der Waals surface area contributed by atoms with Gasteiger partial charge in [0.2, 0.25) is 0 Å². The van der Waals surface area contributed by atoms with Gasteiger partial charge in [0.25, 0.3) is 0 Å². The van der Waals surface area contributed by atoms with Gasteiger partial charge in [0.05, 0.1) is 27.7 Å². The van der Waals surface area contributed by atoms with Crippen molar-refractivity contribution in [2.75, 3.05) is 47.5 Å². The molecule has 0 radical (unpaired) electrons. The molecule has 0 saturated carbocycles. The van der Waals surface area contributed by atoms with E-state index >= 15 is 0 Å². The molecule has 0 rings (SSSR count). The lowest BCUT2D eigenvalue weighted by Crippen LogP contribution is -2.37. The van der Waals surface area contributed by atoms with E-state index in [4.69, 9.17) is 18.5 Å². The number of quaternary nitrogens is 1. The third kappa shape index (κ3) is 41.4. The molecule has 0 aliphatic rings. The Bertz CT molecular complexity index is 1080. The summed E-state index contributed by atoms with van der Waals surface area (Å²) in [5.41, 5.74) is 0. The van der Waals surface area contributed by atoms with Crippen LogP contribution in [-0.2, 0) is 32.7 Å². The van der Waals surface area contributed by atoms with E-state index in [1.54, 1.807) is 0 Å².